The standard InChI is InChI=1S/C21H26FN3O4S/c22-19-8-6-18(7-9-19)16-25(30(27,28)20-4-2-1-3-5-20)17-21(26)23-10-11-24-12-14-29-15-13-24/h1-9H,10-17H2,(H,23,26). The maximum atomic E-state index is 13.2. The normalized spacial score (nSPS) is 15.3. The lowest BCUT2D eigenvalue weighted by molar-refractivity contribution is -0.121. The first-order valence-electron chi connectivity index (χ1n) is 9.81. The van der Waals surface area contributed by atoms with Gasteiger partial charge in [-0.25, -0.2) is 12.8 Å². The van der Waals surface area contributed by atoms with E-state index >= 15 is 0 Å². The average molecular weight is 436 g/mol. The van der Waals surface area contributed by atoms with E-state index in [-0.39, 0.29) is 23.9 Å². The molecule has 30 heavy (non-hydrogen) atoms. The molecule has 0 unspecified atom stereocenters. The molecule has 3 rings (SSSR count). The average Bonchev–Trinajstić information content (AvgIpc) is 2.76. The van der Waals surface area contributed by atoms with Crippen molar-refractivity contribution in [2.24, 2.45) is 0 Å². The lowest BCUT2D eigenvalue weighted by Gasteiger charge is -2.27. The lowest BCUT2D eigenvalue weighted by atomic mass is 10.2. The van der Waals surface area contributed by atoms with Crippen molar-refractivity contribution in [3.8, 4) is 0 Å². The van der Waals surface area contributed by atoms with Crippen LogP contribution in [0.15, 0.2) is 59.5 Å². The molecule has 1 saturated heterocycles. The minimum Gasteiger partial charge on any atom is -0.379 e. The summed E-state index contributed by atoms with van der Waals surface area (Å²) in [7, 11) is -3.90. The molecule has 7 nitrogen and oxygen atoms in total. The van der Waals surface area contributed by atoms with Crippen molar-refractivity contribution in [1.82, 2.24) is 14.5 Å². The Labute approximate surface area is 176 Å². The van der Waals surface area contributed by atoms with Gasteiger partial charge in [0.25, 0.3) is 0 Å². The van der Waals surface area contributed by atoms with Crippen molar-refractivity contribution in [1.29, 1.82) is 0 Å². The summed E-state index contributed by atoms with van der Waals surface area (Å²) in [4.78, 5) is 14.8. The zero-order valence-electron chi connectivity index (χ0n) is 16.7. The van der Waals surface area contributed by atoms with Crippen LogP contribution in [0.5, 0.6) is 0 Å². The molecule has 0 radical (unpaired) electrons. The Morgan fingerprint density at radius 1 is 1.07 bits per heavy atom. The van der Waals surface area contributed by atoms with Gasteiger partial charge in [0, 0.05) is 32.7 Å². The molecular formula is C21H26FN3O4S. The van der Waals surface area contributed by atoms with Crippen LogP contribution in [-0.4, -0.2) is 69.5 Å². The van der Waals surface area contributed by atoms with E-state index < -0.39 is 15.8 Å². The number of sulfonamides is 1. The van der Waals surface area contributed by atoms with Crippen LogP contribution < -0.4 is 5.32 Å². The molecule has 0 atom stereocenters. The molecule has 2 aromatic carbocycles. The number of carbonyl (C=O) groups is 1. The van der Waals surface area contributed by atoms with Gasteiger partial charge < -0.3 is 10.1 Å². The molecule has 0 aliphatic carbocycles. The van der Waals surface area contributed by atoms with Crippen molar-refractivity contribution in [3.05, 3.63) is 66.0 Å². The summed E-state index contributed by atoms with van der Waals surface area (Å²) in [6.45, 7) is 3.73. The van der Waals surface area contributed by atoms with Crippen LogP contribution in [0, 0.1) is 5.82 Å². The summed E-state index contributed by atoms with van der Waals surface area (Å²) in [5, 5.41) is 2.79. The number of benzene rings is 2. The van der Waals surface area contributed by atoms with Gasteiger partial charge in [-0.15, -0.1) is 0 Å². The van der Waals surface area contributed by atoms with E-state index in [1.165, 1.54) is 36.4 Å². The Morgan fingerprint density at radius 2 is 1.73 bits per heavy atom. The number of morpholine rings is 1. The minimum atomic E-state index is -3.90. The summed E-state index contributed by atoms with van der Waals surface area (Å²) < 4.78 is 45.8. The van der Waals surface area contributed by atoms with Gasteiger partial charge >= 0.3 is 0 Å². The highest BCUT2D eigenvalue weighted by Crippen LogP contribution is 2.18. The Morgan fingerprint density at radius 3 is 2.40 bits per heavy atom. The van der Waals surface area contributed by atoms with Crippen LogP contribution in [-0.2, 0) is 26.1 Å². The van der Waals surface area contributed by atoms with E-state index in [2.05, 4.69) is 10.2 Å². The predicted octanol–water partition coefficient (Wildman–Crippen LogP) is 1.47. The first-order valence-corrected chi connectivity index (χ1v) is 11.3. The molecule has 0 saturated carbocycles. The summed E-state index contributed by atoms with van der Waals surface area (Å²) in [6, 6.07) is 13.5. The van der Waals surface area contributed by atoms with E-state index in [9.17, 15) is 17.6 Å². The minimum absolute atomic E-state index is 0.0333. The van der Waals surface area contributed by atoms with Crippen LogP contribution in [0.1, 0.15) is 5.56 Å². The molecule has 1 N–H and O–H groups in total. The third-order valence-electron chi connectivity index (χ3n) is 4.83. The number of carbonyl (C=O) groups excluding carboxylic acids is 1. The zero-order chi connectivity index (χ0) is 21.4. The highest BCUT2D eigenvalue weighted by atomic mass is 32.2. The first-order chi connectivity index (χ1) is 14.4. The van der Waals surface area contributed by atoms with Crippen molar-refractivity contribution in [2.45, 2.75) is 11.4 Å². The fraction of sp³-hybridized carbons (Fsp3) is 0.381. The number of halogens is 1. The predicted molar refractivity (Wildman–Crippen MR) is 111 cm³/mol. The topological polar surface area (TPSA) is 79.0 Å². The lowest BCUT2D eigenvalue weighted by Crippen LogP contribution is -2.44. The van der Waals surface area contributed by atoms with E-state index in [0.29, 0.717) is 31.9 Å². The molecule has 1 heterocycles. The van der Waals surface area contributed by atoms with Gasteiger partial charge in [-0.3, -0.25) is 9.69 Å². The first kappa shape index (κ1) is 22.4. The number of hydrogen-bond donors (Lipinski definition) is 1. The number of nitrogens with one attached hydrogen (secondary N) is 1. The monoisotopic (exact) mass is 435 g/mol. The van der Waals surface area contributed by atoms with Gasteiger partial charge in [0.15, 0.2) is 0 Å². The van der Waals surface area contributed by atoms with E-state index in [4.69, 9.17) is 4.74 Å². The van der Waals surface area contributed by atoms with Crippen LogP contribution >= 0.6 is 0 Å². The van der Waals surface area contributed by atoms with E-state index in [1.54, 1.807) is 18.2 Å². The fourth-order valence-electron chi connectivity index (χ4n) is 3.16. The number of ether oxygens (including phenoxy) is 1. The van der Waals surface area contributed by atoms with Gasteiger partial charge in [0.2, 0.25) is 15.9 Å². The van der Waals surface area contributed by atoms with Crippen LogP contribution in [0.3, 0.4) is 0 Å². The number of hydrogen-bond acceptors (Lipinski definition) is 5. The largest absolute Gasteiger partial charge is 0.379 e. The van der Waals surface area contributed by atoms with Crippen LogP contribution in [0.2, 0.25) is 0 Å². The Balaban J connectivity index is 1.67. The molecule has 2 aromatic rings. The Kier molecular flexibility index (Phi) is 7.92. The smallest absolute Gasteiger partial charge is 0.243 e. The molecule has 162 valence electrons. The van der Waals surface area contributed by atoms with Gasteiger partial charge in [0.1, 0.15) is 5.82 Å². The van der Waals surface area contributed by atoms with Gasteiger partial charge in [-0.05, 0) is 29.8 Å². The molecule has 0 bridgehead atoms. The van der Waals surface area contributed by atoms with Crippen LogP contribution in [0.25, 0.3) is 0 Å². The second-order valence-electron chi connectivity index (χ2n) is 7.02. The van der Waals surface area contributed by atoms with Crippen molar-refractivity contribution in [3.63, 3.8) is 0 Å². The SMILES string of the molecule is O=C(CN(Cc1ccc(F)cc1)S(=O)(=O)c1ccccc1)NCCN1CCOCC1. The summed E-state index contributed by atoms with van der Waals surface area (Å²) in [5.41, 5.74) is 0.594. The summed E-state index contributed by atoms with van der Waals surface area (Å²) in [6.07, 6.45) is 0. The van der Waals surface area contributed by atoms with Crippen LogP contribution in [0.4, 0.5) is 4.39 Å². The van der Waals surface area contributed by atoms with E-state index in [0.717, 1.165) is 17.4 Å². The third kappa shape index (κ3) is 6.33. The molecule has 0 aromatic heterocycles. The molecule has 9 heteroatoms. The zero-order valence-corrected chi connectivity index (χ0v) is 17.5. The number of rotatable bonds is 9. The Bertz CT molecular complexity index is 917. The number of amides is 1. The van der Waals surface area contributed by atoms with Gasteiger partial charge in [0.05, 0.1) is 24.7 Å². The molecule has 1 amide bonds. The van der Waals surface area contributed by atoms with Crippen molar-refractivity contribution < 1.29 is 22.3 Å². The van der Waals surface area contributed by atoms with Crippen molar-refractivity contribution in [2.75, 3.05) is 45.9 Å². The summed E-state index contributed by atoms with van der Waals surface area (Å²) >= 11 is 0. The number of nitrogens with zero attached hydrogens (tertiary/aromatic N) is 2. The van der Waals surface area contributed by atoms with Crippen molar-refractivity contribution >= 4 is 15.9 Å². The fourth-order valence-corrected chi connectivity index (χ4v) is 4.56. The maximum Gasteiger partial charge on any atom is 0.243 e. The molecule has 1 aliphatic rings. The Hall–Kier alpha value is -2.33. The van der Waals surface area contributed by atoms with E-state index in [1.807, 2.05) is 0 Å². The highest BCUT2D eigenvalue weighted by Gasteiger charge is 2.26. The molecule has 1 fully saturated rings. The third-order valence-corrected chi connectivity index (χ3v) is 6.63. The highest BCUT2D eigenvalue weighted by molar-refractivity contribution is 7.89. The molecule has 1 aliphatic heterocycles. The van der Waals surface area contributed by atoms with Gasteiger partial charge in [-0.2, -0.15) is 4.31 Å². The maximum absolute atomic E-state index is 13.2. The molecule has 0 spiro atoms. The second-order valence-corrected chi connectivity index (χ2v) is 8.95. The molecular weight excluding hydrogens is 409 g/mol. The quantitative estimate of drug-likeness (QED) is 0.645. The second kappa shape index (κ2) is 10.6. The van der Waals surface area contributed by atoms with Gasteiger partial charge in [-0.1, -0.05) is 30.3 Å². The summed E-state index contributed by atoms with van der Waals surface area (Å²) in [5.74, 6) is -0.790.